The molecule has 2 amide bonds. The van der Waals surface area contributed by atoms with Gasteiger partial charge in [-0.25, -0.2) is 0 Å². The van der Waals surface area contributed by atoms with Gasteiger partial charge in [0.15, 0.2) is 0 Å². The monoisotopic (exact) mass is 516 g/mol. The molecule has 1 aliphatic rings. The van der Waals surface area contributed by atoms with Gasteiger partial charge >= 0.3 is 0 Å². The number of methoxy groups -OCH3 is 1. The minimum atomic E-state index is -0.496. The van der Waals surface area contributed by atoms with Crippen molar-refractivity contribution >= 4 is 17.9 Å². The summed E-state index contributed by atoms with van der Waals surface area (Å²) in [4.78, 5) is 25.6. The molecule has 3 N–H and O–H groups in total. The van der Waals surface area contributed by atoms with E-state index < -0.39 is 11.8 Å². The van der Waals surface area contributed by atoms with E-state index in [1.54, 1.807) is 37.5 Å². The molecular formula is C30H32N2O6. The third-order valence-corrected chi connectivity index (χ3v) is 5.84. The average Bonchev–Trinajstić information content (AvgIpc) is 3.77. The molecular weight excluding hydrogens is 484 g/mol. The van der Waals surface area contributed by atoms with Gasteiger partial charge in [-0.3, -0.25) is 9.59 Å². The first-order valence-electron chi connectivity index (χ1n) is 12.6. The van der Waals surface area contributed by atoms with Crippen LogP contribution in [-0.2, 0) is 11.2 Å². The molecule has 0 heterocycles. The van der Waals surface area contributed by atoms with Crippen molar-refractivity contribution in [3.05, 3.63) is 95.2 Å². The highest BCUT2D eigenvalue weighted by Gasteiger charge is 2.23. The number of hydrogen-bond donors (Lipinski definition) is 3. The highest BCUT2D eigenvalue weighted by molar-refractivity contribution is 6.05. The molecule has 3 aromatic carbocycles. The zero-order chi connectivity index (χ0) is 26.7. The predicted octanol–water partition coefficient (Wildman–Crippen LogP) is 3.74. The number of nitrogens with one attached hydrogen (secondary N) is 2. The van der Waals surface area contributed by atoms with Gasteiger partial charge in [-0.15, -0.1) is 0 Å². The summed E-state index contributed by atoms with van der Waals surface area (Å²) in [5, 5.41) is 14.3. The first kappa shape index (κ1) is 26.8. The lowest BCUT2D eigenvalue weighted by atomic mass is 10.1. The van der Waals surface area contributed by atoms with Gasteiger partial charge in [-0.2, -0.15) is 0 Å². The normalized spacial score (nSPS) is 12.9. The Bertz CT molecular complexity index is 1230. The summed E-state index contributed by atoms with van der Waals surface area (Å²) in [6, 6.07) is 21.8. The van der Waals surface area contributed by atoms with E-state index in [0.29, 0.717) is 24.0 Å². The van der Waals surface area contributed by atoms with Gasteiger partial charge < -0.3 is 30.0 Å². The van der Waals surface area contributed by atoms with Crippen molar-refractivity contribution in [1.29, 1.82) is 0 Å². The van der Waals surface area contributed by atoms with Crippen molar-refractivity contribution in [2.75, 3.05) is 26.9 Å². The van der Waals surface area contributed by atoms with Gasteiger partial charge in [0, 0.05) is 18.5 Å². The Morgan fingerprint density at radius 3 is 2.21 bits per heavy atom. The molecule has 0 spiro atoms. The Labute approximate surface area is 222 Å². The van der Waals surface area contributed by atoms with Crippen LogP contribution >= 0.6 is 0 Å². The number of rotatable bonds is 13. The molecule has 0 unspecified atom stereocenters. The van der Waals surface area contributed by atoms with Crippen LogP contribution in [0.25, 0.3) is 6.08 Å². The molecule has 0 aromatic heterocycles. The van der Waals surface area contributed by atoms with Gasteiger partial charge in [-0.1, -0.05) is 24.3 Å². The summed E-state index contributed by atoms with van der Waals surface area (Å²) in [5.74, 6) is 1.29. The number of hydrogen-bond acceptors (Lipinski definition) is 6. The number of ether oxygens (including phenoxy) is 3. The van der Waals surface area contributed by atoms with Gasteiger partial charge in [0.05, 0.1) is 26.4 Å². The molecule has 8 nitrogen and oxygen atoms in total. The lowest BCUT2D eigenvalue weighted by Crippen LogP contribution is -2.36. The summed E-state index contributed by atoms with van der Waals surface area (Å²) >= 11 is 0. The van der Waals surface area contributed by atoms with Crippen molar-refractivity contribution in [2.45, 2.75) is 25.4 Å². The first-order valence-corrected chi connectivity index (χ1v) is 12.6. The zero-order valence-corrected chi connectivity index (χ0v) is 21.3. The Hall–Kier alpha value is -4.30. The molecule has 0 saturated heterocycles. The van der Waals surface area contributed by atoms with Crippen molar-refractivity contribution in [3.63, 3.8) is 0 Å². The lowest BCUT2D eigenvalue weighted by molar-refractivity contribution is -0.117. The van der Waals surface area contributed by atoms with E-state index in [0.717, 1.165) is 41.9 Å². The van der Waals surface area contributed by atoms with Crippen LogP contribution in [0.2, 0.25) is 0 Å². The second-order valence-electron chi connectivity index (χ2n) is 8.85. The quantitative estimate of drug-likeness (QED) is 0.299. The third-order valence-electron chi connectivity index (χ3n) is 5.84. The van der Waals surface area contributed by atoms with Crippen LogP contribution in [0.5, 0.6) is 17.2 Å². The highest BCUT2D eigenvalue weighted by atomic mass is 16.5. The summed E-state index contributed by atoms with van der Waals surface area (Å²) in [6.07, 6.45) is 4.75. The van der Waals surface area contributed by atoms with Gasteiger partial charge in [0.25, 0.3) is 11.8 Å². The second kappa shape index (κ2) is 13.3. The molecule has 8 heteroatoms. The van der Waals surface area contributed by atoms with E-state index in [4.69, 9.17) is 19.3 Å². The highest BCUT2D eigenvalue weighted by Crippen LogP contribution is 2.27. The largest absolute Gasteiger partial charge is 0.497 e. The second-order valence-corrected chi connectivity index (χ2v) is 8.85. The Morgan fingerprint density at radius 2 is 1.58 bits per heavy atom. The Balaban J connectivity index is 1.36. The zero-order valence-electron chi connectivity index (χ0n) is 21.3. The summed E-state index contributed by atoms with van der Waals surface area (Å²) in [6.45, 7) is 0.350. The van der Waals surface area contributed by atoms with Crippen LogP contribution in [0, 0.1) is 0 Å². The fraction of sp³-hybridized carbons (Fsp3) is 0.267. The standard InChI is InChI=1S/C30H32N2O6/c1-36-24-8-2-21(3-9-24)16-19-37-25-12-6-23(7-13-25)29(34)32-28(30(35)31-17-18-33)20-22-4-10-26(11-5-22)38-27-14-15-27/h2-13,20,27,33H,14-19H2,1H3,(H,31,35)(H,32,34)/b28-20+. The topological polar surface area (TPSA) is 106 Å². The lowest BCUT2D eigenvalue weighted by Gasteiger charge is -2.12. The van der Waals surface area contributed by atoms with Crippen molar-refractivity contribution in [1.82, 2.24) is 10.6 Å². The SMILES string of the molecule is COc1ccc(CCOc2ccc(C(=O)N/C(=C/c3ccc(OC4CC4)cc3)C(=O)NCCO)cc2)cc1. The number of benzene rings is 3. The molecule has 4 rings (SSSR count). The molecule has 198 valence electrons. The number of carbonyl (C=O) groups is 2. The van der Waals surface area contributed by atoms with Gasteiger partial charge in [0.2, 0.25) is 0 Å². The molecule has 0 atom stereocenters. The minimum absolute atomic E-state index is 0.0686. The molecule has 1 saturated carbocycles. The van der Waals surface area contributed by atoms with Crippen molar-refractivity contribution < 1.29 is 28.9 Å². The smallest absolute Gasteiger partial charge is 0.267 e. The maximum Gasteiger partial charge on any atom is 0.267 e. The van der Waals surface area contributed by atoms with Crippen LogP contribution in [0.3, 0.4) is 0 Å². The van der Waals surface area contributed by atoms with Gasteiger partial charge in [-0.05, 0) is 78.6 Å². The molecule has 3 aromatic rings. The van der Waals surface area contributed by atoms with E-state index in [-0.39, 0.29) is 18.8 Å². The average molecular weight is 517 g/mol. The number of aliphatic hydroxyl groups is 1. The minimum Gasteiger partial charge on any atom is -0.497 e. The number of amides is 2. The van der Waals surface area contributed by atoms with Crippen LogP contribution < -0.4 is 24.8 Å². The van der Waals surface area contributed by atoms with E-state index in [9.17, 15) is 9.59 Å². The molecule has 0 aliphatic heterocycles. The maximum atomic E-state index is 12.9. The van der Waals surface area contributed by atoms with Crippen LogP contribution in [0.4, 0.5) is 0 Å². The third kappa shape index (κ3) is 8.11. The number of aliphatic hydroxyl groups excluding tert-OH is 1. The first-order chi connectivity index (χ1) is 18.5. The fourth-order valence-electron chi connectivity index (χ4n) is 3.59. The van der Waals surface area contributed by atoms with Gasteiger partial charge in [0.1, 0.15) is 22.9 Å². The summed E-state index contributed by atoms with van der Waals surface area (Å²) in [7, 11) is 1.63. The number of carbonyl (C=O) groups excluding carboxylic acids is 2. The van der Waals surface area contributed by atoms with Crippen LogP contribution in [0.15, 0.2) is 78.5 Å². The van der Waals surface area contributed by atoms with E-state index >= 15 is 0 Å². The molecule has 0 radical (unpaired) electrons. The van der Waals surface area contributed by atoms with E-state index in [2.05, 4.69) is 10.6 Å². The summed E-state index contributed by atoms with van der Waals surface area (Å²) in [5.41, 5.74) is 2.30. The van der Waals surface area contributed by atoms with E-state index in [1.807, 2.05) is 48.5 Å². The van der Waals surface area contributed by atoms with Crippen LogP contribution in [0.1, 0.15) is 34.3 Å². The molecule has 38 heavy (non-hydrogen) atoms. The molecule has 1 fully saturated rings. The predicted molar refractivity (Wildman–Crippen MR) is 144 cm³/mol. The molecule has 1 aliphatic carbocycles. The Morgan fingerprint density at radius 1 is 0.921 bits per heavy atom. The summed E-state index contributed by atoms with van der Waals surface area (Å²) < 4.78 is 16.7. The fourth-order valence-corrected chi connectivity index (χ4v) is 3.59. The Kier molecular flexibility index (Phi) is 9.37. The van der Waals surface area contributed by atoms with Crippen molar-refractivity contribution in [2.24, 2.45) is 0 Å². The van der Waals surface area contributed by atoms with Crippen molar-refractivity contribution in [3.8, 4) is 17.2 Å². The van der Waals surface area contributed by atoms with Crippen LogP contribution in [-0.4, -0.2) is 49.9 Å². The maximum absolute atomic E-state index is 12.9. The van der Waals surface area contributed by atoms with E-state index in [1.165, 1.54) is 0 Å². The molecule has 0 bridgehead atoms.